The zero-order valence-corrected chi connectivity index (χ0v) is 18.6. The zero-order valence-electron chi connectivity index (χ0n) is 17.8. The van der Waals surface area contributed by atoms with Gasteiger partial charge in [-0.3, -0.25) is 0 Å². The van der Waals surface area contributed by atoms with E-state index < -0.39 is 0 Å². The van der Waals surface area contributed by atoms with Gasteiger partial charge in [-0.05, 0) is 64.1 Å². The molecule has 0 bridgehead atoms. The molecule has 1 aromatic heterocycles. The van der Waals surface area contributed by atoms with Gasteiger partial charge in [0.25, 0.3) is 0 Å². The van der Waals surface area contributed by atoms with E-state index in [0.29, 0.717) is 23.1 Å². The molecule has 1 aromatic rings. The summed E-state index contributed by atoms with van der Waals surface area (Å²) in [6.45, 7) is 5.54. The minimum atomic E-state index is 0.473. The smallest absolute Gasteiger partial charge is 0.232 e. The fourth-order valence-electron chi connectivity index (χ4n) is 4.92. The largest absolute Gasteiger partial charge is 0.360 e. The molecule has 0 amide bonds. The molecule has 1 aliphatic carbocycles. The second kappa shape index (κ2) is 9.92. The molecule has 3 fully saturated rings. The van der Waals surface area contributed by atoms with Gasteiger partial charge < -0.3 is 20.4 Å². The Morgan fingerprint density at radius 1 is 0.897 bits per heavy atom. The molecule has 1 atom stereocenters. The molecule has 2 aliphatic heterocycles. The van der Waals surface area contributed by atoms with Gasteiger partial charge >= 0.3 is 0 Å². The summed E-state index contributed by atoms with van der Waals surface area (Å²) < 4.78 is 0. The number of nitrogens with zero attached hydrogens (tertiary/aromatic N) is 4. The van der Waals surface area contributed by atoms with Crippen molar-refractivity contribution in [3.8, 4) is 0 Å². The topological polar surface area (TPSA) is 56.3 Å². The first kappa shape index (κ1) is 20.6. The van der Waals surface area contributed by atoms with Gasteiger partial charge in [0, 0.05) is 37.8 Å². The number of anilines is 3. The maximum absolute atomic E-state index is 5.63. The monoisotopic (exact) mass is 416 g/mol. The number of nitrogens with one attached hydrogen (secondary N) is 2. The Hall–Kier alpha value is -1.63. The van der Waals surface area contributed by atoms with Crippen molar-refractivity contribution in [2.24, 2.45) is 0 Å². The molecule has 0 spiro atoms. The summed E-state index contributed by atoms with van der Waals surface area (Å²) in [6, 6.07) is 3.18. The van der Waals surface area contributed by atoms with Crippen LogP contribution in [0.2, 0.25) is 0 Å². The summed E-state index contributed by atoms with van der Waals surface area (Å²) in [5.74, 6) is 2.70. The Morgan fingerprint density at radius 3 is 2.28 bits per heavy atom. The molecule has 1 unspecified atom stereocenters. The van der Waals surface area contributed by atoms with Crippen molar-refractivity contribution in [3.63, 3.8) is 0 Å². The van der Waals surface area contributed by atoms with E-state index in [2.05, 4.69) is 33.4 Å². The van der Waals surface area contributed by atoms with Crippen LogP contribution in [0.3, 0.4) is 0 Å². The lowest BCUT2D eigenvalue weighted by Gasteiger charge is -2.35. The number of thiocarbonyl (C=S) groups is 1. The molecular formula is C22H36N6S. The second-order valence-electron chi connectivity index (χ2n) is 8.93. The van der Waals surface area contributed by atoms with E-state index in [0.717, 1.165) is 31.3 Å². The number of hydrogen-bond donors (Lipinski definition) is 2. The second-order valence-corrected chi connectivity index (χ2v) is 9.34. The predicted molar refractivity (Wildman–Crippen MR) is 125 cm³/mol. The number of piperidine rings is 1. The molecule has 6 nitrogen and oxygen atoms in total. The Labute approximate surface area is 180 Å². The van der Waals surface area contributed by atoms with Crippen LogP contribution in [-0.2, 0) is 0 Å². The quantitative estimate of drug-likeness (QED) is 0.555. The molecule has 2 N–H and O–H groups in total. The third kappa shape index (κ3) is 5.50. The molecule has 0 radical (unpaired) electrons. The predicted octanol–water partition coefficient (Wildman–Crippen LogP) is 4.46. The molecule has 29 heavy (non-hydrogen) atoms. The lowest BCUT2D eigenvalue weighted by molar-refractivity contribution is 0.481. The minimum Gasteiger partial charge on any atom is -0.360 e. The highest BCUT2D eigenvalue weighted by Crippen LogP contribution is 2.28. The highest BCUT2D eigenvalue weighted by molar-refractivity contribution is 7.80. The molecule has 3 heterocycles. The minimum absolute atomic E-state index is 0.473. The van der Waals surface area contributed by atoms with Gasteiger partial charge in [-0.15, -0.1) is 0 Å². The first-order chi connectivity index (χ1) is 14.2. The summed E-state index contributed by atoms with van der Waals surface area (Å²) in [6.07, 6.45) is 13.9. The Balaban J connectivity index is 1.50. The van der Waals surface area contributed by atoms with Gasteiger partial charge in [-0.25, -0.2) is 0 Å². The molecule has 0 aromatic carbocycles. The van der Waals surface area contributed by atoms with Crippen molar-refractivity contribution in [1.82, 2.24) is 15.3 Å². The molecular weight excluding hydrogens is 380 g/mol. The van der Waals surface area contributed by atoms with E-state index in [1.807, 2.05) is 0 Å². The summed E-state index contributed by atoms with van der Waals surface area (Å²) in [5.41, 5.74) is 0. The van der Waals surface area contributed by atoms with Crippen LogP contribution in [0, 0.1) is 0 Å². The van der Waals surface area contributed by atoms with Crippen molar-refractivity contribution < 1.29 is 0 Å². The van der Waals surface area contributed by atoms with Crippen LogP contribution >= 0.6 is 12.2 Å². The van der Waals surface area contributed by atoms with Gasteiger partial charge in [-0.1, -0.05) is 25.7 Å². The van der Waals surface area contributed by atoms with Crippen LogP contribution in [-0.4, -0.2) is 46.8 Å². The van der Waals surface area contributed by atoms with Crippen molar-refractivity contribution in [3.05, 3.63) is 6.07 Å². The third-order valence-electron chi connectivity index (χ3n) is 6.64. The van der Waals surface area contributed by atoms with E-state index in [-0.39, 0.29) is 0 Å². The van der Waals surface area contributed by atoms with Gasteiger partial charge in [-0.2, -0.15) is 9.97 Å². The van der Waals surface area contributed by atoms with Gasteiger partial charge in [0.05, 0.1) is 0 Å². The van der Waals surface area contributed by atoms with Crippen LogP contribution in [0.15, 0.2) is 6.07 Å². The highest BCUT2D eigenvalue weighted by Gasteiger charge is 2.23. The van der Waals surface area contributed by atoms with Gasteiger partial charge in [0.2, 0.25) is 5.95 Å². The van der Waals surface area contributed by atoms with E-state index in [1.54, 1.807) is 0 Å². The summed E-state index contributed by atoms with van der Waals surface area (Å²) in [4.78, 5) is 14.5. The van der Waals surface area contributed by atoms with E-state index in [1.165, 1.54) is 70.6 Å². The van der Waals surface area contributed by atoms with Crippen molar-refractivity contribution >= 4 is 34.9 Å². The highest BCUT2D eigenvalue weighted by atomic mass is 32.1. The van der Waals surface area contributed by atoms with Gasteiger partial charge in [0.1, 0.15) is 11.6 Å². The number of rotatable bonds is 4. The average molecular weight is 417 g/mol. The first-order valence-corrected chi connectivity index (χ1v) is 12.1. The fourth-order valence-corrected chi connectivity index (χ4v) is 5.18. The fraction of sp³-hybridized carbons (Fsp3) is 0.773. The van der Waals surface area contributed by atoms with Crippen molar-refractivity contribution in [2.45, 2.75) is 89.6 Å². The Morgan fingerprint density at radius 2 is 1.55 bits per heavy atom. The first-order valence-electron chi connectivity index (χ1n) is 11.7. The number of hydrogen-bond acceptors (Lipinski definition) is 5. The molecule has 7 heteroatoms. The van der Waals surface area contributed by atoms with Crippen LogP contribution in [0.5, 0.6) is 0 Å². The standard InChI is InChI=1S/C22H36N6S/c1-17-10-6-7-15-28(17)20-16-19(27-13-8-9-14-27)24-21(25-20)26-22(29)23-18-11-4-2-3-5-12-18/h16-18H,2-15H2,1H3,(H2,23,24,25,26,29). The maximum atomic E-state index is 5.63. The van der Waals surface area contributed by atoms with Crippen LogP contribution in [0.4, 0.5) is 17.6 Å². The van der Waals surface area contributed by atoms with Crippen LogP contribution < -0.4 is 20.4 Å². The average Bonchev–Trinajstić information content (AvgIpc) is 3.14. The number of aromatic nitrogens is 2. The van der Waals surface area contributed by atoms with Crippen molar-refractivity contribution in [1.29, 1.82) is 0 Å². The summed E-state index contributed by atoms with van der Waals surface area (Å²) >= 11 is 5.63. The molecule has 3 aliphatic rings. The lowest BCUT2D eigenvalue weighted by atomic mass is 10.0. The third-order valence-corrected chi connectivity index (χ3v) is 6.86. The van der Waals surface area contributed by atoms with Crippen LogP contribution in [0.25, 0.3) is 0 Å². The normalized spacial score (nSPS) is 23.7. The summed E-state index contributed by atoms with van der Waals surface area (Å²) in [5, 5.41) is 7.49. The molecule has 4 rings (SSSR count). The van der Waals surface area contributed by atoms with E-state index in [9.17, 15) is 0 Å². The van der Waals surface area contributed by atoms with Crippen LogP contribution in [0.1, 0.15) is 77.6 Å². The molecule has 160 valence electrons. The van der Waals surface area contributed by atoms with E-state index >= 15 is 0 Å². The Kier molecular flexibility index (Phi) is 7.06. The SMILES string of the molecule is CC1CCCCN1c1cc(N2CCCC2)nc(NC(=S)NC2CCCCCC2)n1. The Bertz CT molecular complexity index is 682. The molecule has 1 saturated carbocycles. The zero-order chi connectivity index (χ0) is 20.1. The maximum Gasteiger partial charge on any atom is 0.232 e. The lowest BCUT2D eigenvalue weighted by Crippen LogP contribution is -2.39. The molecule has 2 saturated heterocycles. The van der Waals surface area contributed by atoms with E-state index in [4.69, 9.17) is 22.2 Å². The van der Waals surface area contributed by atoms with Gasteiger partial charge in [0.15, 0.2) is 5.11 Å². The summed E-state index contributed by atoms with van der Waals surface area (Å²) in [7, 11) is 0. The van der Waals surface area contributed by atoms with Crippen molar-refractivity contribution in [2.75, 3.05) is 34.8 Å².